The van der Waals surface area contributed by atoms with E-state index in [9.17, 15) is 10.1 Å². The normalized spacial score (nSPS) is 17.2. The van der Waals surface area contributed by atoms with Gasteiger partial charge in [0.25, 0.3) is 0 Å². The molecule has 6 nitrogen and oxygen atoms in total. The second-order valence-electron chi connectivity index (χ2n) is 8.14. The van der Waals surface area contributed by atoms with E-state index in [1.807, 2.05) is 0 Å². The second kappa shape index (κ2) is 9.97. The van der Waals surface area contributed by atoms with Gasteiger partial charge >= 0.3 is 0 Å². The molecular weight excluding hydrogens is 414 g/mol. The minimum absolute atomic E-state index is 0.0845. The number of nitriles is 1. The molecule has 0 bridgehead atoms. The van der Waals surface area contributed by atoms with Crippen LogP contribution in [-0.2, 0) is 24.2 Å². The Morgan fingerprint density at radius 1 is 1.20 bits per heavy atom. The maximum atomic E-state index is 12.7. The van der Waals surface area contributed by atoms with Crippen LogP contribution in [0.15, 0.2) is 5.16 Å². The lowest BCUT2D eigenvalue weighted by Gasteiger charge is -2.11. The van der Waals surface area contributed by atoms with E-state index in [0.717, 1.165) is 53.8 Å². The van der Waals surface area contributed by atoms with E-state index in [4.69, 9.17) is 0 Å². The van der Waals surface area contributed by atoms with Crippen molar-refractivity contribution in [2.45, 2.75) is 88.8 Å². The number of thiophene rings is 1. The molecule has 0 spiro atoms. The zero-order chi connectivity index (χ0) is 20.9. The van der Waals surface area contributed by atoms with Crippen LogP contribution in [-0.4, -0.2) is 26.4 Å². The van der Waals surface area contributed by atoms with Crippen LogP contribution in [0.5, 0.6) is 0 Å². The Balaban J connectivity index is 1.42. The van der Waals surface area contributed by atoms with Gasteiger partial charge in [-0.3, -0.25) is 4.79 Å². The van der Waals surface area contributed by atoms with Gasteiger partial charge in [0, 0.05) is 17.3 Å². The first-order valence-electron chi connectivity index (χ1n) is 11.1. The van der Waals surface area contributed by atoms with Gasteiger partial charge in [-0.1, -0.05) is 37.4 Å². The number of thioether (sulfide) groups is 1. The number of aryl methyl sites for hydroxylation is 1. The predicted molar refractivity (Wildman–Crippen MR) is 121 cm³/mol. The molecule has 0 aliphatic heterocycles. The first kappa shape index (κ1) is 21.4. The highest BCUT2D eigenvalue weighted by Crippen LogP contribution is 2.37. The summed E-state index contributed by atoms with van der Waals surface area (Å²) in [5.74, 6) is 1.77. The summed E-state index contributed by atoms with van der Waals surface area (Å²) in [5.41, 5.74) is 1.84. The van der Waals surface area contributed by atoms with Crippen molar-refractivity contribution in [3.05, 3.63) is 21.8 Å². The standard InChI is InChI=1S/C22H29N5OS2/c1-2-27-20(15-9-7-8-10-15)25-26-22(27)29-14-19(28)24-21-17(13-23)16-11-5-3-4-6-12-18(16)30-21/h15H,2-12,14H2,1H3,(H,24,28). The van der Waals surface area contributed by atoms with Crippen molar-refractivity contribution >= 4 is 34.0 Å². The molecule has 0 unspecified atom stereocenters. The number of carbonyl (C=O) groups is 1. The number of carbonyl (C=O) groups excluding carboxylic acids is 1. The Morgan fingerprint density at radius 3 is 2.70 bits per heavy atom. The molecule has 30 heavy (non-hydrogen) atoms. The van der Waals surface area contributed by atoms with Crippen LogP contribution in [0, 0.1) is 11.3 Å². The van der Waals surface area contributed by atoms with Gasteiger partial charge < -0.3 is 9.88 Å². The zero-order valence-electron chi connectivity index (χ0n) is 17.6. The third kappa shape index (κ3) is 4.57. The molecular formula is C22H29N5OS2. The molecule has 1 N–H and O–H groups in total. The summed E-state index contributed by atoms with van der Waals surface area (Å²) in [6.45, 7) is 2.92. The van der Waals surface area contributed by atoms with Crippen LogP contribution in [0.2, 0.25) is 0 Å². The van der Waals surface area contributed by atoms with Crippen LogP contribution in [0.3, 0.4) is 0 Å². The highest BCUT2D eigenvalue weighted by atomic mass is 32.2. The second-order valence-corrected chi connectivity index (χ2v) is 10.2. The molecule has 160 valence electrons. The average Bonchev–Trinajstić information content (AvgIpc) is 3.45. The van der Waals surface area contributed by atoms with Crippen molar-refractivity contribution in [1.29, 1.82) is 5.26 Å². The van der Waals surface area contributed by atoms with E-state index in [0.29, 0.717) is 11.5 Å². The molecule has 4 rings (SSSR count). The van der Waals surface area contributed by atoms with E-state index in [2.05, 4.69) is 33.1 Å². The fourth-order valence-electron chi connectivity index (χ4n) is 4.61. The Morgan fingerprint density at radius 2 is 1.97 bits per heavy atom. The molecule has 1 saturated carbocycles. The minimum Gasteiger partial charge on any atom is -0.316 e. The monoisotopic (exact) mass is 443 g/mol. The molecule has 2 aliphatic rings. The van der Waals surface area contributed by atoms with Gasteiger partial charge in [-0.2, -0.15) is 5.26 Å². The lowest BCUT2D eigenvalue weighted by Crippen LogP contribution is -2.15. The fraction of sp³-hybridized carbons (Fsp3) is 0.636. The molecule has 0 atom stereocenters. The number of hydrogen-bond donors (Lipinski definition) is 1. The first-order valence-corrected chi connectivity index (χ1v) is 12.9. The van der Waals surface area contributed by atoms with Crippen molar-refractivity contribution in [2.75, 3.05) is 11.1 Å². The molecule has 2 aromatic heterocycles. The van der Waals surface area contributed by atoms with Crippen LogP contribution < -0.4 is 5.32 Å². The Bertz CT molecular complexity index is 936. The van der Waals surface area contributed by atoms with Gasteiger partial charge in [0.2, 0.25) is 5.91 Å². The summed E-state index contributed by atoms with van der Waals surface area (Å²) in [6, 6.07) is 2.35. The molecule has 2 heterocycles. The number of anilines is 1. The third-order valence-corrected chi connectivity index (χ3v) is 8.32. The third-order valence-electron chi connectivity index (χ3n) is 6.15. The Kier molecular flexibility index (Phi) is 7.11. The number of amides is 1. The van der Waals surface area contributed by atoms with Gasteiger partial charge in [-0.05, 0) is 51.0 Å². The topological polar surface area (TPSA) is 83.6 Å². The molecule has 1 fully saturated rings. The first-order chi connectivity index (χ1) is 14.7. The molecule has 0 saturated heterocycles. The summed E-state index contributed by atoms with van der Waals surface area (Å²) < 4.78 is 2.16. The Hall–Kier alpha value is -1.85. The summed E-state index contributed by atoms with van der Waals surface area (Å²) in [7, 11) is 0. The number of rotatable bonds is 6. The molecule has 2 aromatic rings. The van der Waals surface area contributed by atoms with Gasteiger partial charge in [-0.25, -0.2) is 0 Å². The largest absolute Gasteiger partial charge is 0.316 e. The highest BCUT2D eigenvalue weighted by molar-refractivity contribution is 7.99. The summed E-state index contributed by atoms with van der Waals surface area (Å²) in [4.78, 5) is 14.0. The smallest absolute Gasteiger partial charge is 0.235 e. The molecule has 2 aliphatic carbocycles. The van der Waals surface area contributed by atoms with Crippen LogP contribution in [0.1, 0.15) is 86.0 Å². The average molecular weight is 444 g/mol. The lowest BCUT2D eigenvalue weighted by atomic mass is 9.97. The van der Waals surface area contributed by atoms with Crippen LogP contribution >= 0.6 is 23.1 Å². The SMILES string of the molecule is CCn1c(SCC(=O)Nc2sc3c(c2C#N)CCCCCC3)nnc1C1CCCC1. The van der Waals surface area contributed by atoms with Crippen molar-refractivity contribution < 1.29 is 4.79 Å². The number of nitrogens with one attached hydrogen (secondary N) is 1. The van der Waals surface area contributed by atoms with Gasteiger partial charge in [0.15, 0.2) is 5.16 Å². The van der Waals surface area contributed by atoms with Crippen LogP contribution in [0.4, 0.5) is 5.00 Å². The summed E-state index contributed by atoms with van der Waals surface area (Å²) in [6.07, 6.45) is 11.6. The fourth-order valence-corrected chi connectivity index (χ4v) is 6.67. The quantitative estimate of drug-likeness (QED) is 0.614. The van der Waals surface area contributed by atoms with Crippen LogP contribution in [0.25, 0.3) is 0 Å². The van der Waals surface area contributed by atoms with Crippen molar-refractivity contribution in [2.24, 2.45) is 0 Å². The number of hydrogen-bond acceptors (Lipinski definition) is 6. The number of aromatic nitrogens is 3. The van der Waals surface area contributed by atoms with Crippen molar-refractivity contribution in [3.8, 4) is 6.07 Å². The maximum absolute atomic E-state index is 12.7. The van der Waals surface area contributed by atoms with Gasteiger partial charge in [-0.15, -0.1) is 21.5 Å². The van der Waals surface area contributed by atoms with E-state index in [1.165, 1.54) is 55.2 Å². The molecule has 0 radical (unpaired) electrons. The van der Waals surface area contributed by atoms with E-state index in [1.54, 1.807) is 11.3 Å². The lowest BCUT2D eigenvalue weighted by molar-refractivity contribution is -0.113. The molecule has 0 aromatic carbocycles. The summed E-state index contributed by atoms with van der Waals surface area (Å²) in [5, 5.41) is 23.0. The van der Waals surface area contributed by atoms with Gasteiger partial charge in [0.05, 0.1) is 11.3 Å². The van der Waals surface area contributed by atoms with Crippen molar-refractivity contribution in [1.82, 2.24) is 14.8 Å². The maximum Gasteiger partial charge on any atom is 0.235 e. The molecule has 1 amide bonds. The van der Waals surface area contributed by atoms with Crippen molar-refractivity contribution in [3.63, 3.8) is 0 Å². The van der Waals surface area contributed by atoms with Gasteiger partial charge in [0.1, 0.15) is 16.9 Å². The summed E-state index contributed by atoms with van der Waals surface area (Å²) >= 11 is 3.02. The van der Waals surface area contributed by atoms with E-state index < -0.39 is 0 Å². The van der Waals surface area contributed by atoms with E-state index >= 15 is 0 Å². The predicted octanol–water partition coefficient (Wildman–Crippen LogP) is 5.28. The number of fused-ring (bicyclic) bond motifs is 1. The molecule has 8 heteroatoms. The minimum atomic E-state index is -0.0845. The van der Waals surface area contributed by atoms with E-state index in [-0.39, 0.29) is 11.7 Å². The zero-order valence-corrected chi connectivity index (χ0v) is 19.2. The highest BCUT2D eigenvalue weighted by Gasteiger charge is 2.25. The Labute approximate surface area is 186 Å². The number of nitrogens with zero attached hydrogens (tertiary/aromatic N) is 4.